The molecule has 1 unspecified atom stereocenters. The number of nitrogens with zero attached hydrogens (tertiary/aromatic N) is 1. The predicted octanol–water partition coefficient (Wildman–Crippen LogP) is 6.23. The number of rotatable bonds is 10. The van der Waals surface area contributed by atoms with Gasteiger partial charge in [-0.2, -0.15) is 0 Å². The summed E-state index contributed by atoms with van der Waals surface area (Å²) in [6, 6.07) is 17.9. The quantitative estimate of drug-likeness (QED) is 0.211. The lowest BCUT2D eigenvalue weighted by molar-refractivity contribution is -0.116. The van der Waals surface area contributed by atoms with Gasteiger partial charge in [-0.25, -0.2) is 0 Å². The molecule has 0 saturated carbocycles. The standard InChI is InChI=1S/C30H29N3O7/c1-17(32-27-15-19-8-6-7-9-23(19)39-27)30(34)33-22-12-18(10-11-24(22)35-2)21-16-31-40-28(21)20-13-25(36-3)29(38-5)26(14-20)37-4/h6-17,32H,1-5H3,(H,33,34). The Labute approximate surface area is 230 Å². The highest BCUT2D eigenvalue weighted by Crippen LogP contribution is 2.44. The lowest BCUT2D eigenvalue weighted by Gasteiger charge is -2.16. The third kappa shape index (κ3) is 5.11. The smallest absolute Gasteiger partial charge is 0.246 e. The number of amides is 1. The summed E-state index contributed by atoms with van der Waals surface area (Å²) in [7, 11) is 6.18. The Bertz CT molecular complexity index is 1600. The molecule has 2 heterocycles. The molecule has 2 N–H and O–H groups in total. The Morgan fingerprint density at radius 2 is 1.57 bits per heavy atom. The van der Waals surface area contributed by atoms with Crippen LogP contribution in [0.5, 0.6) is 23.0 Å². The molecule has 1 atom stereocenters. The van der Waals surface area contributed by atoms with Crippen LogP contribution in [0.4, 0.5) is 11.6 Å². The van der Waals surface area contributed by atoms with Crippen molar-refractivity contribution in [1.29, 1.82) is 0 Å². The SMILES string of the molecule is COc1ccc(-c2cnoc2-c2cc(OC)c(OC)c(OC)c2)cc1NC(=O)C(C)Nc1cc2ccccc2o1. The van der Waals surface area contributed by atoms with Crippen LogP contribution in [0.1, 0.15) is 6.92 Å². The molecular formula is C30H29N3O7. The third-order valence-corrected chi connectivity index (χ3v) is 6.44. The van der Waals surface area contributed by atoms with Gasteiger partial charge in [-0.05, 0) is 42.8 Å². The van der Waals surface area contributed by atoms with Gasteiger partial charge in [0, 0.05) is 22.6 Å². The Kier molecular flexibility index (Phi) is 7.50. The zero-order chi connectivity index (χ0) is 28.2. The average molecular weight is 544 g/mol. The Morgan fingerprint density at radius 3 is 2.25 bits per heavy atom. The Hall–Kier alpha value is -5.12. The number of carbonyl (C=O) groups is 1. The molecule has 0 radical (unpaired) electrons. The first-order valence-corrected chi connectivity index (χ1v) is 12.4. The molecule has 0 aliphatic rings. The van der Waals surface area contributed by atoms with Gasteiger partial charge in [0.25, 0.3) is 0 Å². The molecule has 5 rings (SSSR count). The highest BCUT2D eigenvalue weighted by atomic mass is 16.5. The summed E-state index contributed by atoms with van der Waals surface area (Å²) in [5.41, 5.74) is 3.34. The van der Waals surface area contributed by atoms with Crippen LogP contribution in [0.25, 0.3) is 33.4 Å². The molecule has 10 heteroatoms. The second-order valence-corrected chi connectivity index (χ2v) is 8.90. The maximum Gasteiger partial charge on any atom is 0.246 e. The van der Waals surface area contributed by atoms with Gasteiger partial charge >= 0.3 is 0 Å². The molecule has 206 valence electrons. The van der Waals surface area contributed by atoms with E-state index in [1.165, 1.54) is 0 Å². The van der Waals surface area contributed by atoms with Crippen LogP contribution >= 0.6 is 0 Å². The second kappa shape index (κ2) is 11.3. The van der Waals surface area contributed by atoms with E-state index in [1.54, 1.807) is 65.8 Å². The first-order valence-electron chi connectivity index (χ1n) is 12.4. The zero-order valence-electron chi connectivity index (χ0n) is 22.7. The summed E-state index contributed by atoms with van der Waals surface area (Å²) < 4.78 is 33.4. The molecule has 0 aliphatic heterocycles. The van der Waals surface area contributed by atoms with Crippen molar-refractivity contribution < 1.29 is 32.7 Å². The minimum Gasteiger partial charge on any atom is -0.495 e. The molecule has 3 aromatic carbocycles. The fraction of sp³-hybridized carbons (Fsp3) is 0.200. The van der Waals surface area contributed by atoms with E-state index in [0.29, 0.717) is 51.5 Å². The molecule has 10 nitrogen and oxygen atoms in total. The molecule has 0 bridgehead atoms. The summed E-state index contributed by atoms with van der Waals surface area (Å²) in [5, 5.41) is 11.0. The van der Waals surface area contributed by atoms with Crippen molar-refractivity contribution in [3.05, 3.63) is 66.9 Å². The molecule has 2 aromatic heterocycles. The first-order chi connectivity index (χ1) is 19.4. The van der Waals surface area contributed by atoms with Crippen molar-refractivity contribution in [2.45, 2.75) is 13.0 Å². The monoisotopic (exact) mass is 543 g/mol. The number of methoxy groups -OCH3 is 4. The summed E-state index contributed by atoms with van der Waals surface area (Å²) in [6.45, 7) is 1.75. The fourth-order valence-corrected chi connectivity index (χ4v) is 4.41. The number of hydrogen-bond donors (Lipinski definition) is 2. The molecule has 1 amide bonds. The molecule has 0 spiro atoms. The van der Waals surface area contributed by atoms with E-state index < -0.39 is 6.04 Å². The van der Waals surface area contributed by atoms with Crippen LogP contribution < -0.4 is 29.6 Å². The van der Waals surface area contributed by atoms with Crippen LogP contribution in [-0.4, -0.2) is 45.5 Å². The van der Waals surface area contributed by atoms with E-state index >= 15 is 0 Å². The lowest BCUT2D eigenvalue weighted by Crippen LogP contribution is -2.31. The van der Waals surface area contributed by atoms with E-state index in [0.717, 1.165) is 16.5 Å². The molecule has 0 fully saturated rings. The number of hydrogen-bond acceptors (Lipinski definition) is 9. The van der Waals surface area contributed by atoms with Crippen LogP contribution in [0.2, 0.25) is 0 Å². The van der Waals surface area contributed by atoms with E-state index in [9.17, 15) is 4.79 Å². The van der Waals surface area contributed by atoms with Crippen LogP contribution in [0.3, 0.4) is 0 Å². The fourth-order valence-electron chi connectivity index (χ4n) is 4.41. The normalized spacial score (nSPS) is 11.6. The number of furan rings is 1. The number of para-hydroxylation sites is 1. The van der Waals surface area contributed by atoms with E-state index in [4.69, 9.17) is 27.9 Å². The summed E-state index contributed by atoms with van der Waals surface area (Å²) in [6.07, 6.45) is 1.61. The van der Waals surface area contributed by atoms with Crippen molar-refractivity contribution >= 4 is 28.4 Å². The number of anilines is 2. The van der Waals surface area contributed by atoms with Crippen molar-refractivity contribution in [2.75, 3.05) is 39.1 Å². The van der Waals surface area contributed by atoms with Gasteiger partial charge in [0.05, 0.1) is 40.3 Å². The minimum absolute atomic E-state index is 0.272. The number of fused-ring (bicyclic) bond motifs is 1. The zero-order valence-corrected chi connectivity index (χ0v) is 22.7. The van der Waals surface area contributed by atoms with Gasteiger partial charge in [0.15, 0.2) is 23.1 Å². The molecule has 40 heavy (non-hydrogen) atoms. The molecule has 0 aliphatic carbocycles. The average Bonchev–Trinajstić information content (AvgIpc) is 3.63. The molecular weight excluding hydrogens is 514 g/mol. The summed E-state index contributed by atoms with van der Waals surface area (Å²) >= 11 is 0. The van der Waals surface area contributed by atoms with Gasteiger partial charge < -0.3 is 38.5 Å². The van der Waals surface area contributed by atoms with Crippen molar-refractivity contribution in [1.82, 2.24) is 5.16 Å². The third-order valence-electron chi connectivity index (χ3n) is 6.44. The van der Waals surface area contributed by atoms with Gasteiger partial charge in [0.1, 0.15) is 17.4 Å². The maximum atomic E-state index is 13.1. The lowest BCUT2D eigenvalue weighted by atomic mass is 10.0. The number of aromatic nitrogens is 1. The van der Waals surface area contributed by atoms with Crippen molar-refractivity contribution in [3.63, 3.8) is 0 Å². The van der Waals surface area contributed by atoms with E-state index in [-0.39, 0.29) is 5.91 Å². The number of ether oxygens (including phenoxy) is 4. The van der Waals surface area contributed by atoms with Gasteiger partial charge in [-0.3, -0.25) is 4.79 Å². The minimum atomic E-state index is -0.598. The van der Waals surface area contributed by atoms with Gasteiger partial charge in [-0.1, -0.05) is 29.4 Å². The number of nitrogens with one attached hydrogen (secondary N) is 2. The van der Waals surface area contributed by atoms with Crippen molar-refractivity contribution in [2.24, 2.45) is 0 Å². The summed E-state index contributed by atoms with van der Waals surface area (Å²) in [5.74, 6) is 2.64. The largest absolute Gasteiger partial charge is 0.495 e. The highest BCUT2D eigenvalue weighted by molar-refractivity contribution is 5.98. The molecule has 5 aromatic rings. The van der Waals surface area contributed by atoms with Crippen LogP contribution in [0, 0.1) is 0 Å². The van der Waals surface area contributed by atoms with Gasteiger partial charge in [-0.15, -0.1) is 0 Å². The van der Waals surface area contributed by atoms with Gasteiger partial charge in [0.2, 0.25) is 11.7 Å². The van der Waals surface area contributed by atoms with E-state index in [2.05, 4.69) is 15.8 Å². The first kappa shape index (κ1) is 26.5. The van der Waals surface area contributed by atoms with Crippen molar-refractivity contribution in [3.8, 4) is 45.4 Å². The topological polar surface area (TPSA) is 117 Å². The number of benzene rings is 3. The number of carbonyl (C=O) groups excluding carboxylic acids is 1. The van der Waals surface area contributed by atoms with Crippen LogP contribution in [-0.2, 0) is 4.79 Å². The highest BCUT2D eigenvalue weighted by Gasteiger charge is 2.21. The Morgan fingerprint density at radius 1 is 0.850 bits per heavy atom. The maximum absolute atomic E-state index is 13.1. The van der Waals surface area contributed by atoms with E-state index in [1.807, 2.05) is 36.4 Å². The summed E-state index contributed by atoms with van der Waals surface area (Å²) in [4.78, 5) is 13.1. The molecule has 0 saturated heterocycles. The second-order valence-electron chi connectivity index (χ2n) is 8.90. The Balaban J connectivity index is 1.42. The predicted molar refractivity (Wildman–Crippen MR) is 152 cm³/mol. The van der Waals surface area contributed by atoms with Crippen LogP contribution in [0.15, 0.2) is 75.8 Å².